The number of para-hydroxylation sites is 1. The molecule has 1 aromatic heterocycles. The molecule has 3 heteroatoms. The summed E-state index contributed by atoms with van der Waals surface area (Å²) in [5.74, 6) is 2.11. The first-order valence-electron chi connectivity index (χ1n) is 5.38. The smallest absolute Gasteiger partial charge is 0.138 e. The van der Waals surface area contributed by atoms with Crippen LogP contribution in [0.15, 0.2) is 36.5 Å². The van der Waals surface area contributed by atoms with Crippen LogP contribution in [0.25, 0.3) is 10.9 Å². The standard InChI is InChI=1S/C13H15NOS/c1-10(9-16)8-15-12-6-11-4-2-3-5-13(11)14-7-12/h2-7,10,16H,8-9H2,1H3. The molecule has 1 unspecified atom stereocenters. The van der Waals surface area contributed by atoms with Gasteiger partial charge in [0, 0.05) is 5.39 Å². The van der Waals surface area contributed by atoms with Crippen LogP contribution in [0.1, 0.15) is 6.92 Å². The largest absolute Gasteiger partial charge is 0.492 e. The summed E-state index contributed by atoms with van der Waals surface area (Å²) in [6, 6.07) is 10.0. The van der Waals surface area contributed by atoms with E-state index in [2.05, 4.69) is 24.5 Å². The summed E-state index contributed by atoms with van der Waals surface area (Å²) in [7, 11) is 0. The Morgan fingerprint density at radius 3 is 3.00 bits per heavy atom. The van der Waals surface area contributed by atoms with Gasteiger partial charge >= 0.3 is 0 Å². The van der Waals surface area contributed by atoms with Crippen LogP contribution in [0.5, 0.6) is 5.75 Å². The highest BCUT2D eigenvalue weighted by atomic mass is 32.1. The molecule has 0 radical (unpaired) electrons. The van der Waals surface area contributed by atoms with E-state index in [0.717, 1.165) is 22.4 Å². The van der Waals surface area contributed by atoms with E-state index in [4.69, 9.17) is 4.74 Å². The molecule has 0 aliphatic rings. The Morgan fingerprint density at radius 2 is 2.19 bits per heavy atom. The molecule has 1 aromatic carbocycles. The fourth-order valence-electron chi connectivity index (χ4n) is 1.42. The third-order valence-electron chi connectivity index (χ3n) is 2.41. The molecule has 0 aliphatic heterocycles. The highest BCUT2D eigenvalue weighted by Gasteiger charge is 2.02. The van der Waals surface area contributed by atoms with E-state index in [0.29, 0.717) is 12.5 Å². The van der Waals surface area contributed by atoms with Crippen molar-refractivity contribution in [2.45, 2.75) is 6.92 Å². The van der Waals surface area contributed by atoms with Crippen LogP contribution in [-0.4, -0.2) is 17.3 Å². The number of benzene rings is 1. The molecule has 16 heavy (non-hydrogen) atoms. The van der Waals surface area contributed by atoms with Crippen molar-refractivity contribution in [3.63, 3.8) is 0 Å². The topological polar surface area (TPSA) is 22.1 Å². The molecular formula is C13H15NOS. The second kappa shape index (κ2) is 5.21. The van der Waals surface area contributed by atoms with Crippen molar-refractivity contribution >= 4 is 23.5 Å². The maximum atomic E-state index is 5.66. The first-order valence-corrected chi connectivity index (χ1v) is 6.01. The third-order valence-corrected chi connectivity index (χ3v) is 3.03. The van der Waals surface area contributed by atoms with Crippen LogP contribution in [0.3, 0.4) is 0 Å². The molecule has 0 amide bonds. The first-order chi connectivity index (χ1) is 7.79. The van der Waals surface area contributed by atoms with E-state index in [9.17, 15) is 0 Å². The van der Waals surface area contributed by atoms with Crippen molar-refractivity contribution in [2.75, 3.05) is 12.4 Å². The third kappa shape index (κ3) is 2.67. The summed E-state index contributed by atoms with van der Waals surface area (Å²) in [4.78, 5) is 4.34. The van der Waals surface area contributed by atoms with Gasteiger partial charge in [-0.25, -0.2) is 0 Å². The van der Waals surface area contributed by atoms with Gasteiger partial charge < -0.3 is 4.74 Å². The summed E-state index contributed by atoms with van der Waals surface area (Å²) >= 11 is 4.23. The zero-order valence-corrected chi connectivity index (χ0v) is 10.2. The normalized spacial score (nSPS) is 12.6. The van der Waals surface area contributed by atoms with Gasteiger partial charge in [0.25, 0.3) is 0 Å². The van der Waals surface area contributed by atoms with E-state index in [1.54, 1.807) is 6.20 Å². The quantitative estimate of drug-likeness (QED) is 0.819. The molecule has 0 saturated heterocycles. The Morgan fingerprint density at radius 1 is 1.38 bits per heavy atom. The minimum Gasteiger partial charge on any atom is -0.492 e. The molecule has 2 aromatic rings. The van der Waals surface area contributed by atoms with Crippen molar-refractivity contribution in [2.24, 2.45) is 5.92 Å². The SMILES string of the molecule is CC(CS)COc1cnc2ccccc2c1. The van der Waals surface area contributed by atoms with Crippen LogP contribution in [-0.2, 0) is 0 Å². The fourth-order valence-corrected chi connectivity index (χ4v) is 1.53. The molecular weight excluding hydrogens is 218 g/mol. The molecule has 2 rings (SSSR count). The number of aromatic nitrogens is 1. The number of nitrogens with zero attached hydrogens (tertiary/aromatic N) is 1. The maximum Gasteiger partial charge on any atom is 0.138 e. The first kappa shape index (κ1) is 11.3. The van der Waals surface area contributed by atoms with E-state index >= 15 is 0 Å². The average molecular weight is 233 g/mol. The van der Waals surface area contributed by atoms with Gasteiger partial charge in [-0.2, -0.15) is 12.6 Å². The second-order valence-electron chi connectivity index (χ2n) is 3.96. The van der Waals surface area contributed by atoms with Crippen molar-refractivity contribution < 1.29 is 4.74 Å². The molecule has 1 heterocycles. The van der Waals surface area contributed by atoms with Crippen molar-refractivity contribution in [3.8, 4) is 5.75 Å². The van der Waals surface area contributed by atoms with Gasteiger partial charge in [-0.15, -0.1) is 0 Å². The Labute approximate surface area is 101 Å². The van der Waals surface area contributed by atoms with Gasteiger partial charge in [0.1, 0.15) is 5.75 Å². The zero-order valence-electron chi connectivity index (χ0n) is 9.26. The molecule has 0 saturated carbocycles. The monoisotopic (exact) mass is 233 g/mol. The molecule has 0 spiro atoms. The lowest BCUT2D eigenvalue weighted by atomic mass is 10.2. The second-order valence-corrected chi connectivity index (χ2v) is 4.33. The fraction of sp³-hybridized carbons (Fsp3) is 0.308. The maximum absolute atomic E-state index is 5.66. The molecule has 84 valence electrons. The molecule has 0 N–H and O–H groups in total. The lowest BCUT2D eigenvalue weighted by molar-refractivity contribution is 0.273. The van der Waals surface area contributed by atoms with Crippen LogP contribution >= 0.6 is 12.6 Å². The number of pyridine rings is 1. The van der Waals surface area contributed by atoms with E-state index in [-0.39, 0.29) is 0 Å². The molecule has 2 nitrogen and oxygen atoms in total. The van der Waals surface area contributed by atoms with Gasteiger partial charge in [-0.1, -0.05) is 25.1 Å². The summed E-state index contributed by atoms with van der Waals surface area (Å²) in [5.41, 5.74) is 0.997. The Balaban J connectivity index is 2.13. The number of hydrogen-bond donors (Lipinski definition) is 1. The Hall–Kier alpha value is -1.22. The minimum atomic E-state index is 0.454. The molecule has 0 bridgehead atoms. The number of hydrogen-bond acceptors (Lipinski definition) is 3. The summed E-state index contributed by atoms with van der Waals surface area (Å²) in [5, 5.41) is 1.11. The molecule has 0 fully saturated rings. The van der Waals surface area contributed by atoms with E-state index in [1.165, 1.54) is 0 Å². The predicted molar refractivity (Wildman–Crippen MR) is 70.3 cm³/mol. The zero-order chi connectivity index (χ0) is 11.4. The van der Waals surface area contributed by atoms with E-state index in [1.807, 2.05) is 30.3 Å². The number of ether oxygens (including phenoxy) is 1. The predicted octanol–water partition coefficient (Wildman–Crippen LogP) is 3.18. The highest BCUT2D eigenvalue weighted by Crippen LogP contribution is 2.18. The molecule has 1 atom stereocenters. The van der Waals surface area contributed by atoms with Crippen LogP contribution < -0.4 is 4.74 Å². The number of rotatable bonds is 4. The Kier molecular flexibility index (Phi) is 3.67. The van der Waals surface area contributed by atoms with Gasteiger partial charge in [-0.3, -0.25) is 4.98 Å². The minimum absolute atomic E-state index is 0.454. The molecule has 0 aliphatic carbocycles. The van der Waals surface area contributed by atoms with Gasteiger partial charge in [0.15, 0.2) is 0 Å². The van der Waals surface area contributed by atoms with E-state index < -0.39 is 0 Å². The number of fused-ring (bicyclic) bond motifs is 1. The van der Waals surface area contributed by atoms with Crippen LogP contribution in [0.2, 0.25) is 0 Å². The van der Waals surface area contributed by atoms with Gasteiger partial charge in [0.05, 0.1) is 18.3 Å². The summed E-state index contributed by atoms with van der Waals surface area (Å²) < 4.78 is 5.66. The van der Waals surface area contributed by atoms with Crippen LogP contribution in [0.4, 0.5) is 0 Å². The highest BCUT2D eigenvalue weighted by molar-refractivity contribution is 7.80. The Bertz CT molecular complexity index is 472. The number of thiol groups is 1. The van der Waals surface area contributed by atoms with Crippen molar-refractivity contribution in [1.29, 1.82) is 0 Å². The van der Waals surface area contributed by atoms with Gasteiger partial charge in [0.2, 0.25) is 0 Å². The van der Waals surface area contributed by atoms with Crippen molar-refractivity contribution in [3.05, 3.63) is 36.5 Å². The van der Waals surface area contributed by atoms with Crippen LogP contribution in [0, 0.1) is 5.92 Å². The lowest BCUT2D eigenvalue weighted by Gasteiger charge is -2.10. The average Bonchev–Trinajstić information content (AvgIpc) is 2.35. The van der Waals surface area contributed by atoms with Crippen molar-refractivity contribution in [1.82, 2.24) is 4.98 Å². The summed E-state index contributed by atoms with van der Waals surface area (Å²) in [6.45, 7) is 2.80. The lowest BCUT2D eigenvalue weighted by Crippen LogP contribution is -2.09. The summed E-state index contributed by atoms with van der Waals surface area (Å²) in [6.07, 6.45) is 1.77. The van der Waals surface area contributed by atoms with Gasteiger partial charge in [-0.05, 0) is 23.8 Å².